The second-order valence-electron chi connectivity index (χ2n) is 5.82. The van der Waals surface area contributed by atoms with Crippen molar-refractivity contribution >= 4 is 0 Å². The first-order chi connectivity index (χ1) is 9.35. The molecule has 1 aromatic rings. The van der Waals surface area contributed by atoms with Crippen LogP contribution in [0.2, 0.25) is 0 Å². The van der Waals surface area contributed by atoms with Crippen LogP contribution in [0.5, 0.6) is 0 Å². The van der Waals surface area contributed by atoms with Crippen LogP contribution in [0.15, 0.2) is 12.3 Å². The fourth-order valence-corrected chi connectivity index (χ4v) is 3.34. The molecule has 1 atom stereocenters. The lowest BCUT2D eigenvalue weighted by molar-refractivity contribution is 0.396. The average molecular weight is 263 g/mol. The summed E-state index contributed by atoms with van der Waals surface area (Å²) in [7, 11) is 0. The van der Waals surface area contributed by atoms with Gasteiger partial charge in [0.2, 0.25) is 0 Å². The molecule has 3 heteroatoms. The molecule has 1 N–H and O–H groups in total. The molecule has 1 unspecified atom stereocenters. The Morgan fingerprint density at radius 1 is 1.37 bits per heavy atom. The van der Waals surface area contributed by atoms with Crippen molar-refractivity contribution in [2.75, 3.05) is 6.54 Å². The topological polar surface area (TPSA) is 29.9 Å². The SMILES string of the molecule is CCCn1nccc1C(CCC1CCCC1)NCC. The zero-order chi connectivity index (χ0) is 13.5. The molecule has 19 heavy (non-hydrogen) atoms. The van der Waals surface area contributed by atoms with Gasteiger partial charge in [-0.1, -0.05) is 39.5 Å². The molecule has 1 aromatic heterocycles. The maximum atomic E-state index is 4.47. The summed E-state index contributed by atoms with van der Waals surface area (Å²) in [5, 5.41) is 8.11. The lowest BCUT2D eigenvalue weighted by Crippen LogP contribution is -2.24. The first-order valence-corrected chi connectivity index (χ1v) is 8.10. The van der Waals surface area contributed by atoms with Crippen LogP contribution in [0, 0.1) is 5.92 Å². The van der Waals surface area contributed by atoms with E-state index in [9.17, 15) is 0 Å². The van der Waals surface area contributed by atoms with Crippen molar-refractivity contribution in [2.24, 2.45) is 5.92 Å². The lowest BCUT2D eigenvalue weighted by Gasteiger charge is -2.21. The van der Waals surface area contributed by atoms with Crippen molar-refractivity contribution in [1.29, 1.82) is 0 Å². The van der Waals surface area contributed by atoms with E-state index in [-0.39, 0.29) is 0 Å². The second-order valence-corrected chi connectivity index (χ2v) is 5.82. The summed E-state index contributed by atoms with van der Waals surface area (Å²) in [6.07, 6.45) is 11.5. The Balaban J connectivity index is 1.95. The van der Waals surface area contributed by atoms with Gasteiger partial charge in [-0.15, -0.1) is 0 Å². The highest BCUT2D eigenvalue weighted by Crippen LogP contribution is 2.31. The molecule has 0 radical (unpaired) electrons. The first-order valence-electron chi connectivity index (χ1n) is 8.10. The van der Waals surface area contributed by atoms with Crippen LogP contribution < -0.4 is 5.32 Å². The van der Waals surface area contributed by atoms with Gasteiger partial charge >= 0.3 is 0 Å². The Morgan fingerprint density at radius 2 is 2.16 bits per heavy atom. The highest BCUT2D eigenvalue weighted by molar-refractivity contribution is 5.07. The molecule has 0 aliphatic heterocycles. The minimum absolute atomic E-state index is 0.486. The van der Waals surface area contributed by atoms with Crippen molar-refractivity contribution < 1.29 is 0 Å². The zero-order valence-electron chi connectivity index (χ0n) is 12.6. The van der Waals surface area contributed by atoms with E-state index in [1.807, 2.05) is 6.20 Å². The summed E-state index contributed by atoms with van der Waals surface area (Å²) < 4.78 is 2.18. The van der Waals surface area contributed by atoms with E-state index in [1.54, 1.807) is 0 Å². The summed E-state index contributed by atoms with van der Waals surface area (Å²) in [6, 6.07) is 2.68. The van der Waals surface area contributed by atoms with E-state index in [1.165, 1.54) is 44.2 Å². The fraction of sp³-hybridized carbons (Fsp3) is 0.812. The van der Waals surface area contributed by atoms with Crippen LogP contribution in [0.4, 0.5) is 0 Å². The smallest absolute Gasteiger partial charge is 0.0553 e. The Hall–Kier alpha value is -0.830. The molecule has 0 bridgehead atoms. The van der Waals surface area contributed by atoms with Crippen LogP contribution in [0.25, 0.3) is 0 Å². The molecule has 1 aliphatic rings. The lowest BCUT2D eigenvalue weighted by atomic mass is 9.97. The first kappa shape index (κ1) is 14.6. The molecule has 3 nitrogen and oxygen atoms in total. The third kappa shape index (κ3) is 4.07. The molecule has 0 saturated heterocycles. The second kappa shape index (κ2) is 7.68. The predicted molar refractivity (Wildman–Crippen MR) is 80.1 cm³/mol. The maximum Gasteiger partial charge on any atom is 0.0553 e. The summed E-state index contributed by atoms with van der Waals surface area (Å²) in [4.78, 5) is 0. The van der Waals surface area contributed by atoms with Gasteiger partial charge in [-0.3, -0.25) is 4.68 Å². The Kier molecular flexibility index (Phi) is 5.90. The molecule has 1 aliphatic carbocycles. The van der Waals surface area contributed by atoms with Crippen LogP contribution in [-0.2, 0) is 6.54 Å². The van der Waals surface area contributed by atoms with Gasteiger partial charge in [0.15, 0.2) is 0 Å². The molecular formula is C16H29N3. The molecular weight excluding hydrogens is 234 g/mol. The van der Waals surface area contributed by atoms with Crippen molar-refractivity contribution in [2.45, 2.75) is 71.4 Å². The summed E-state index contributed by atoms with van der Waals surface area (Å²) >= 11 is 0. The predicted octanol–water partition coefficient (Wildman–Crippen LogP) is 3.91. The number of nitrogens with one attached hydrogen (secondary N) is 1. The minimum Gasteiger partial charge on any atom is -0.309 e. The zero-order valence-corrected chi connectivity index (χ0v) is 12.6. The summed E-state index contributed by atoms with van der Waals surface area (Å²) in [5.74, 6) is 0.976. The molecule has 108 valence electrons. The average Bonchev–Trinajstić information content (AvgIpc) is 3.06. The van der Waals surface area contributed by atoms with E-state index in [4.69, 9.17) is 0 Å². The maximum absolute atomic E-state index is 4.47. The van der Waals surface area contributed by atoms with Crippen LogP contribution in [0.3, 0.4) is 0 Å². The van der Waals surface area contributed by atoms with Gasteiger partial charge in [0, 0.05) is 18.8 Å². The van der Waals surface area contributed by atoms with Crippen molar-refractivity contribution in [3.63, 3.8) is 0 Å². The highest BCUT2D eigenvalue weighted by atomic mass is 15.3. The molecule has 0 aromatic carbocycles. The standard InChI is InChI=1S/C16H29N3/c1-3-13-19-16(11-12-18-19)15(17-4-2)10-9-14-7-5-6-8-14/h11-12,14-15,17H,3-10,13H2,1-2H3. The van der Waals surface area contributed by atoms with Crippen molar-refractivity contribution in [3.05, 3.63) is 18.0 Å². The monoisotopic (exact) mass is 263 g/mol. The number of hydrogen-bond donors (Lipinski definition) is 1. The summed E-state index contributed by atoms with van der Waals surface area (Å²) in [5.41, 5.74) is 1.38. The van der Waals surface area contributed by atoms with Crippen LogP contribution >= 0.6 is 0 Å². The number of nitrogens with zero attached hydrogens (tertiary/aromatic N) is 2. The molecule has 0 amide bonds. The van der Waals surface area contributed by atoms with Gasteiger partial charge in [0.05, 0.1) is 5.69 Å². The fourth-order valence-electron chi connectivity index (χ4n) is 3.34. The number of rotatable bonds is 8. The van der Waals surface area contributed by atoms with Crippen molar-refractivity contribution in [3.8, 4) is 0 Å². The highest BCUT2D eigenvalue weighted by Gasteiger charge is 2.19. The molecule has 1 heterocycles. The van der Waals surface area contributed by atoms with E-state index in [0.29, 0.717) is 6.04 Å². The largest absolute Gasteiger partial charge is 0.309 e. The van der Waals surface area contributed by atoms with Gasteiger partial charge in [0.25, 0.3) is 0 Å². The Bertz CT molecular complexity index is 353. The minimum atomic E-state index is 0.486. The van der Waals surface area contributed by atoms with Crippen LogP contribution in [0.1, 0.15) is 70.5 Å². The normalized spacial score (nSPS) is 18.0. The van der Waals surface area contributed by atoms with Crippen molar-refractivity contribution in [1.82, 2.24) is 15.1 Å². The Morgan fingerprint density at radius 3 is 2.84 bits per heavy atom. The van der Waals surface area contributed by atoms with Crippen LogP contribution in [-0.4, -0.2) is 16.3 Å². The van der Waals surface area contributed by atoms with Gasteiger partial charge in [-0.2, -0.15) is 5.10 Å². The van der Waals surface area contributed by atoms with Gasteiger partial charge in [0.1, 0.15) is 0 Å². The van der Waals surface area contributed by atoms with E-state index in [2.05, 4.69) is 35.0 Å². The third-order valence-electron chi connectivity index (χ3n) is 4.33. The number of aromatic nitrogens is 2. The third-order valence-corrected chi connectivity index (χ3v) is 4.33. The van der Waals surface area contributed by atoms with Gasteiger partial charge < -0.3 is 5.32 Å². The Labute approximate surface area is 117 Å². The van der Waals surface area contributed by atoms with Gasteiger partial charge in [-0.25, -0.2) is 0 Å². The summed E-state index contributed by atoms with van der Waals surface area (Å²) in [6.45, 7) is 6.48. The van der Waals surface area contributed by atoms with E-state index in [0.717, 1.165) is 25.4 Å². The molecule has 2 rings (SSSR count). The molecule has 0 spiro atoms. The van der Waals surface area contributed by atoms with E-state index >= 15 is 0 Å². The number of hydrogen-bond acceptors (Lipinski definition) is 2. The number of aryl methyl sites for hydroxylation is 1. The van der Waals surface area contributed by atoms with Gasteiger partial charge in [-0.05, 0) is 37.8 Å². The molecule has 1 saturated carbocycles. The molecule has 1 fully saturated rings. The quantitative estimate of drug-likeness (QED) is 0.770. The van der Waals surface area contributed by atoms with E-state index < -0.39 is 0 Å².